The molecule has 0 aliphatic carbocycles. The van der Waals surface area contributed by atoms with Crippen molar-refractivity contribution < 1.29 is 13.2 Å². The van der Waals surface area contributed by atoms with Crippen molar-refractivity contribution in [3.05, 3.63) is 70.8 Å². The number of halogens is 3. The van der Waals surface area contributed by atoms with Gasteiger partial charge in [-0.2, -0.15) is 0 Å². The van der Waals surface area contributed by atoms with Gasteiger partial charge in [0.1, 0.15) is 34.8 Å². The second-order valence-corrected chi connectivity index (χ2v) is 5.92. The quantitative estimate of drug-likeness (QED) is 0.633. The van der Waals surface area contributed by atoms with E-state index in [1.807, 2.05) is 0 Å². The molecule has 0 fully saturated rings. The lowest BCUT2D eigenvalue weighted by molar-refractivity contribution is 0.590. The highest BCUT2D eigenvalue weighted by molar-refractivity contribution is 7.79. The Hall–Kier alpha value is -2.80. The Labute approximate surface area is 153 Å². The van der Waals surface area contributed by atoms with Crippen molar-refractivity contribution in [3.8, 4) is 11.3 Å². The number of para-hydroxylation sites is 1. The minimum atomic E-state index is -0.754. The molecule has 3 nitrogen and oxygen atoms in total. The van der Waals surface area contributed by atoms with E-state index in [1.165, 1.54) is 23.6 Å². The first-order chi connectivity index (χ1) is 12.4. The summed E-state index contributed by atoms with van der Waals surface area (Å²) < 4.78 is 41.4. The molecule has 0 radical (unpaired) electrons. The molecule has 0 saturated heterocycles. The van der Waals surface area contributed by atoms with Crippen LogP contribution in [0.25, 0.3) is 11.3 Å². The molecule has 0 bridgehead atoms. The summed E-state index contributed by atoms with van der Waals surface area (Å²) in [6, 6.07) is 7.83. The number of nitrogens with zero attached hydrogens (tertiary/aromatic N) is 2. The molecule has 26 heavy (non-hydrogen) atoms. The van der Waals surface area contributed by atoms with Gasteiger partial charge >= 0.3 is 0 Å². The minimum Gasteiger partial charge on any atom is -0.335 e. The standard InChI is InChI=1S/C19H14F3N3S/c1-10-8-12(20)6-7-13(10)17-14(9-26)19(24-11(2)23-17)25-18-15(21)4-3-5-16(18)22/h3-9H,1-2H3,(H,23,24,25). The van der Waals surface area contributed by atoms with Crippen molar-refractivity contribution in [2.75, 3.05) is 5.32 Å². The number of thiocarbonyl (C=S) groups is 1. The maximum Gasteiger partial charge on any atom is 0.149 e. The van der Waals surface area contributed by atoms with Crippen molar-refractivity contribution in [1.29, 1.82) is 0 Å². The van der Waals surface area contributed by atoms with Gasteiger partial charge in [-0.05, 0) is 49.7 Å². The lowest BCUT2D eigenvalue weighted by atomic mass is 10.0. The second kappa shape index (κ2) is 7.21. The number of hydrogen-bond acceptors (Lipinski definition) is 4. The molecule has 0 amide bonds. The first kappa shape index (κ1) is 18.0. The summed E-state index contributed by atoms with van der Waals surface area (Å²) in [6.07, 6.45) is 0. The molecule has 3 rings (SSSR count). The number of aryl methyl sites for hydroxylation is 2. The van der Waals surface area contributed by atoms with Crippen LogP contribution in [-0.2, 0) is 0 Å². The molecule has 0 atom stereocenters. The van der Waals surface area contributed by atoms with Crippen molar-refractivity contribution in [3.63, 3.8) is 0 Å². The van der Waals surface area contributed by atoms with Crippen LogP contribution in [0.4, 0.5) is 24.7 Å². The van der Waals surface area contributed by atoms with Gasteiger partial charge in [0.05, 0.1) is 11.3 Å². The van der Waals surface area contributed by atoms with Crippen LogP contribution in [-0.4, -0.2) is 15.3 Å². The molecule has 1 aromatic heterocycles. The van der Waals surface area contributed by atoms with Gasteiger partial charge in [-0.3, -0.25) is 0 Å². The van der Waals surface area contributed by atoms with Gasteiger partial charge < -0.3 is 5.32 Å². The number of rotatable bonds is 4. The molecule has 0 spiro atoms. The van der Waals surface area contributed by atoms with E-state index in [2.05, 4.69) is 15.3 Å². The summed E-state index contributed by atoms with van der Waals surface area (Å²) in [4.78, 5) is 8.62. The van der Waals surface area contributed by atoms with E-state index < -0.39 is 11.6 Å². The van der Waals surface area contributed by atoms with E-state index in [4.69, 9.17) is 12.2 Å². The molecule has 0 unspecified atom stereocenters. The Morgan fingerprint density at radius 1 is 1.00 bits per heavy atom. The molecule has 0 aliphatic rings. The van der Waals surface area contributed by atoms with Crippen molar-refractivity contribution in [2.24, 2.45) is 0 Å². The van der Waals surface area contributed by atoms with Crippen LogP contribution < -0.4 is 5.32 Å². The predicted molar refractivity (Wildman–Crippen MR) is 99.3 cm³/mol. The average molecular weight is 373 g/mol. The third-order valence-corrected chi connectivity index (χ3v) is 4.06. The molecule has 132 valence electrons. The monoisotopic (exact) mass is 373 g/mol. The molecule has 1 N–H and O–H groups in total. The molecule has 7 heteroatoms. The summed E-state index contributed by atoms with van der Waals surface area (Å²) in [6.45, 7) is 3.39. The van der Waals surface area contributed by atoms with Crippen LogP contribution in [0.15, 0.2) is 36.4 Å². The summed E-state index contributed by atoms with van der Waals surface area (Å²) in [7, 11) is 0. The fourth-order valence-electron chi connectivity index (χ4n) is 2.62. The maximum absolute atomic E-state index is 14.0. The van der Waals surface area contributed by atoms with Crippen LogP contribution in [0.1, 0.15) is 17.0 Å². The van der Waals surface area contributed by atoms with Crippen molar-refractivity contribution in [1.82, 2.24) is 9.97 Å². The van der Waals surface area contributed by atoms with Crippen molar-refractivity contribution in [2.45, 2.75) is 13.8 Å². The average Bonchev–Trinajstić information content (AvgIpc) is 2.58. The van der Waals surface area contributed by atoms with Crippen molar-refractivity contribution >= 4 is 29.1 Å². The third-order valence-electron chi connectivity index (χ3n) is 3.83. The first-order valence-corrected chi connectivity index (χ1v) is 8.19. The predicted octanol–water partition coefficient (Wildman–Crippen LogP) is 5.27. The molecule has 3 aromatic rings. The van der Waals surface area contributed by atoms with Gasteiger partial charge in [0.2, 0.25) is 0 Å². The normalized spacial score (nSPS) is 10.7. The Balaban J connectivity index is 2.19. The molecule has 0 aliphatic heterocycles. The number of aromatic nitrogens is 2. The van der Waals surface area contributed by atoms with E-state index in [-0.39, 0.29) is 17.3 Å². The Bertz CT molecular complexity index is 985. The zero-order chi connectivity index (χ0) is 18.8. The highest BCUT2D eigenvalue weighted by Gasteiger charge is 2.17. The number of anilines is 2. The molecule has 0 saturated carbocycles. The maximum atomic E-state index is 14.0. The van der Waals surface area contributed by atoms with Gasteiger partial charge in [0.15, 0.2) is 0 Å². The zero-order valence-electron chi connectivity index (χ0n) is 14.0. The fraction of sp³-hybridized carbons (Fsp3) is 0.105. The smallest absolute Gasteiger partial charge is 0.149 e. The molecule has 2 aromatic carbocycles. The van der Waals surface area contributed by atoms with E-state index in [0.717, 1.165) is 12.1 Å². The first-order valence-electron chi connectivity index (χ1n) is 7.72. The van der Waals surface area contributed by atoms with Crippen LogP contribution in [0.2, 0.25) is 0 Å². The largest absolute Gasteiger partial charge is 0.335 e. The molecular formula is C19H14F3N3S. The lowest BCUT2D eigenvalue weighted by Crippen LogP contribution is -2.07. The van der Waals surface area contributed by atoms with E-state index in [1.54, 1.807) is 19.9 Å². The van der Waals surface area contributed by atoms with Gasteiger partial charge in [-0.15, -0.1) is 0 Å². The Morgan fingerprint density at radius 3 is 2.31 bits per heavy atom. The summed E-state index contributed by atoms with van der Waals surface area (Å²) in [5, 5.41) is 4.00. The zero-order valence-corrected chi connectivity index (χ0v) is 14.8. The highest BCUT2D eigenvalue weighted by Crippen LogP contribution is 2.31. The van der Waals surface area contributed by atoms with Crippen LogP contribution in [0.5, 0.6) is 0 Å². The summed E-state index contributed by atoms with van der Waals surface area (Å²) in [5.74, 6) is -1.32. The van der Waals surface area contributed by atoms with Gasteiger partial charge in [-0.25, -0.2) is 23.1 Å². The van der Waals surface area contributed by atoms with Gasteiger partial charge in [0, 0.05) is 10.9 Å². The minimum absolute atomic E-state index is 0.176. The van der Waals surface area contributed by atoms with Gasteiger partial charge in [-0.1, -0.05) is 18.3 Å². The van der Waals surface area contributed by atoms with Gasteiger partial charge in [0.25, 0.3) is 0 Å². The number of benzene rings is 2. The SMILES string of the molecule is Cc1nc(Nc2c(F)cccc2F)c(C=S)c(-c2ccc(F)cc2C)n1. The summed E-state index contributed by atoms with van der Waals surface area (Å²) >= 11 is 5.08. The third kappa shape index (κ3) is 3.43. The summed E-state index contributed by atoms with van der Waals surface area (Å²) in [5.41, 5.74) is 1.84. The fourth-order valence-corrected chi connectivity index (χ4v) is 2.85. The Kier molecular flexibility index (Phi) is 4.99. The van der Waals surface area contributed by atoms with E-state index in [9.17, 15) is 13.2 Å². The Morgan fingerprint density at radius 2 is 1.69 bits per heavy atom. The molecule has 1 heterocycles. The van der Waals surface area contributed by atoms with Crippen LogP contribution in [0, 0.1) is 31.3 Å². The number of nitrogens with one attached hydrogen (secondary N) is 1. The van der Waals surface area contributed by atoms with E-state index >= 15 is 0 Å². The van der Waals surface area contributed by atoms with Crippen LogP contribution >= 0.6 is 12.2 Å². The van der Waals surface area contributed by atoms with E-state index in [0.29, 0.717) is 28.2 Å². The highest BCUT2D eigenvalue weighted by atomic mass is 32.1. The topological polar surface area (TPSA) is 37.8 Å². The number of hydrogen-bond donors (Lipinski definition) is 1. The van der Waals surface area contributed by atoms with Crippen LogP contribution in [0.3, 0.4) is 0 Å². The lowest BCUT2D eigenvalue weighted by Gasteiger charge is -2.15. The second-order valence-electron chi connectivity index (χ2n) is 5.68. The molecular weight excluding hydrogens is 359 g/mol.